The fourth-order valence-corrected chi connectivity index (χ4v) is 3.68. The number of thioether (sulfide) groups is 1. The second-order valence-corrected chi connectivity index (χ2v) is 6.87. The molecule has 0 aromatic heterocycles. The van der Waals surface area contributed by atoms with Crippen LogP contribution in [-0.4, -0.2) is 17.5 Å². The molecule has 0 bridgehead atoms. The van der Waals surface area contributed by atoms with Crippen LogP contribution in [0.3, 0.4) is 0 Å². The predicted molar refractivity (Wildman–Crippen MR) is 81.8 cm³/mol. The van der Waals surface area contributed by atoms with Gasteiger partial charge in [-0.1, -0.05) is 28.8 Å². The highest BCUT2D eigenvalue weighted by Gasteiger charge is 2.32. The molecule has 0 saturated heterocycles. The van der Waals surface area contributed by atoms with Crippen LogP contribution < -0.4 is 11.1 Å². The van der Waals surface area contributed by atoms with Gasteiger partial charge in [0.1, 0.15) is 0 Å². The summed E-state index contributed by atoms with van der Waals surface area (Å²) in [6.07, 6.45) is 7.56. The summed E-state index contributed by atoms with van der Waals surface area (Å²) >= 11 is 5.47. The molecule has 3 N–H and O–H groups in total. The van der Waals surface area contributed by atoms with Crippen molar-refractivity contribution in [2.75, 3.05) is 23.9 Å². The van der Waals surface area contributed by atoms with E-state index in [4.69, 9.17) is 5.73 Å². The molecule has 0 radical (unpaired) electrons. The van der Waals surface area contributed by atoms with E-state index in [1.54, 1.807) is 0 Å². The van der Waals surface area contributed by atoms with Gasteiger partial charge in [-0.2, -0.15) is 11.8 Å². The van der Waals surface area contributed by atoms with E-state index in [1.807, 2.05) is 23.9 Å². The summed E-state index contributed by atoms with van der Waals surface area (Å²) in [4.78, 5) is 0. The average molecular weight is 315 g/mol. The lowest BCUT2D eigenvalue weighted by Gasteiger charge is -2.27. The Hall–Kier alpha value is -0.350. The van der Waals surface area contributed by atoms with E-state index in [-0.39, 0.29) is 0 Å². The molecule has 0 heterocycles. The summed E-state index contributed by atoms with van der Waals surface area (Å²) in [5.41, 5.74) is 7.83. The molecule has 17 heavy (non-hydrogen) atoms. The third kappa shape index (κ3) is 3.10. The zero-order valence-corrected chi connectivity index (χ0v) is 12.5. The monoisotopic (exact) mass is 314 g/mol. The normalized spacial score (nSPS) is 18.2. The van der Waals surface area contributed by atoms with Crippen LogP contribution in [0.25, 0.3) is 0 Å². The van der Waals surface area contributed by atoms with Crippen LogP contribution in [0.2, 0.25) is 0 Å². The number of anilines is 2. The number of nitrogens with two attached hydrogens (primary N) is 1. The number of rotatable bonds is 4. The van der Waals surface area contributed by atoms with Crippen LogP contribution in [0.5, 0.6) is 0 Å². The first-order chi connectivity index (χ1) is 8.15. The van der Waals surface area contributed by atoms with Crippen LogP contribution >= 0.6 is 27.7 Å². The molecule has 4 heteroatoms. The minimum atomic E-state index is 0.411. The molecule has 1 aromatic rings. The second-order valence-electron chi connectivity index (χ2n) is 4.68. The molecule has 1 aliphatic carbocycles. The van der Waals surface area contributed by atoms with Crippen molar-refractivity contribution >= 4 is 39.1 Å². The largest absolute Gasteiger partial charge is 0.397 e. The van der Waals surface area contributed by atoms with Gasteiger partial charge in [-0.05, 0) is 37.3 Å². The molecule has 1 fully saturated rings. The lowest BCUT2D eigenvalue weighted by atomic mass is 10.1. The van der Waals surface area contributed by atoms with Gasteiger partial charge in [0.15, 0.2) is 0 Å². The number of hydrogen-bond donors (Lipinski definition) is 2. The van der Waals surface area contributed by atoms with E-state index in [2.05, 4.69) is 33.6 Å². The smallest absolute Gasteiger partial charge is 0.0585 e. The molecule has 94 valence electrons. The first kappa shape index (κ1) is 13.1. The summed E-state index contributed by atoms with van der Waals surface area (Å²) in [7, 11) is 0. The third-order valence-corrected chi connectivity index (χ3v) is 5.48. The quantitative estimate of drug-likeness (QED) is 0.821. The zero-order valence-electron chi connectivity index (χ0n) is 10.1. The summed E-state index contributed by atoms with van der Waals surface area (Å²) in [5, 5.41) is 3.51. The molecule has 2 nitrogen and oxygen atoms in total. The van der Waals surface area contributed by atoms with Gasteiger partial charge in [-0.3, -0.25) is 0 Å². The fraction of sp³-hybridized carbons (Fsp3) is 0.538. The number of nitrogen functional groups attached to an aromatic ring is 1. The Morgan fingerprint density at radius 3 is 2.76 bits per heavy atom. The van der Waals surface area contributed by atoms with Crippen LogP contribution in [0, 0.1) is 0 Å². The Bertz CT molecular complexity index is 389. The van der Waals surface area contributed by atoms with Gasteiger partial charge in [0.05, 0.1) is 11.4 Å². The highest BCUT2D eigenvalue weighted by Crippen LogP contribution is 2.40. The molecule has 0 amide bonds. The maximum Gasteiger partial charge on any atom is 0.0585 e. The number of halogens is 1. The topological polar surface area (TPSA) is 38.0 Å². The van der Waals surface area contributed by atoms with Crippen LogP contribution in [0.4, 0.5) is 11.4 Å². The Morgan fingerprint density at radius 2 is 2.12 bits per heavy atom. The van der Waals surface area contributed by atoms with Crippen molar-refractivity contribution in [2.24, 2.45) is 0 Å². The van der Waals surface area contributed by atoms with Gasteiger partial charge in [0.2, 0.25) is 0 Å². The van der Waals surface area contributed by atoms with Crippen LogP contribution in [-0.2, 0) is 0 Å². The van der Waals surface area contributed by atoms with Gasteiger partial charge in [-0.25, -0.2) is 0 Å². The maximum absolute atomic E-state index is 5.97. The van der Waals surface area contributed by atoms with Crippen molar-refractivity contribution in [3.8, 4) is 0 Å². The van der Waals surface area contributed by atoms with E-state index in [9.17, 15) is 0 Å². The summed E-state index contributed by atoms with van der Waals surface area (Å²) < 4.78 is 1.48. The molecule has 1 saturated carbocycles. The zero-order chi connectivity index (χ0) is 12.3. The number of nitrogens with one attached hydrogen (secondary N) is 1. The van der Waals surface area contributed by atoms with E-state index in [1.165, 1.54) is 25.7 Å². The van der Waals surface area contributed by atoms with Crippen molar-refractivity contribution in [1.29, 1.82) is 0 Å². The number of hydrogen-bond acceptors (Lipinski definition) is 3. The first-order valence-corrected chi connectivity index (χ1v) is 8.01. The van der Waals surface area contributed by atoms with Gasteiger partial charge in [0, 0.05) is 15.8 Å². The SMILES string of the molecule is CSC1(CNc2cc(Br)ccc2N)CCCC1. The van der Waals surface area contributed by atoms with Crippen molar-refractivity contribution in [3.63, 3.8) is 0 Å². The summed E-state index contributed by atoms with van der Waals surface area (Å²) in [6, 6.07) is 5.96. The van der Waals surface area contributed by atoms with Crippen molar-refractivity contribution < 1.29 is 0 Å². The fourth-order valence-electron chi connectivity index (χ4n) is 2.41. The first-order valence-electron chi connectivity index (χ1n) is 5.99. The summed E-state index contributed by atoms with van der Waals surface area (Å²) in [6.45, 7) is 1.01. The van der Waals surface area contributed by atoms with E-state index in [0.717, 1.165) is 22.4 Å². The number of benzene rings is 1. The highest BCUT2D eigenvalue weighted by atomic mass is 79.9. The Balaban J connectivity index is 2.03. The Morgan fingerprint density at radius 1 is 1.41 bits per heavy atom. The van der Waals surface area contributed by atoms with Gasteiger partial charge < -0.3 is 11.1 Å². The molecule has 0 unspecified atom stereocenters. The average Bonchev–Trinajstić information content (AvgIpc) is 2.80. The predicted octanol–water partition coefficient (Wildman–Crippen LogP) is 4.12. The lowest BCUT2D eigenvalue weighted by molar-refractivity contribution is 0.640. The minimum Gasteiger partial charge on any atom is -0.397 e. The Kier molecular flexibility index (Phi) is 4.26. The van der Waals surface area contributed by atoms with Crippen LogP contribution in [0.15, 0.2) is 22.7 Å². The second kappa shape index (κ2) is 5.53. The molecule has 0 aliphatic heterocycles. The van der Waals surface area contributed by atoms with Crippen molar-refractivity contribution in [3.05, 3.63) is 22.7 Å². The van der Waals surface area contributed by atoms with Gasteiger partial charge in [-0.15, -0.1) is 0 Å². The molecular formula is C13H19BrN2S. The summed E-state index contributed by atoms with van der Waals surface area (Å²) in [5.74, 6) is 0. The molecular weight excluding hydrogens is 296 g/mol. The molecule has 0 atom stereocenters. The molecule has 0 spiro atoms. The highest BCUT2D eigenvalue weighted by molar-refractivity contribution is 9.10. The molecule has 1 aliphatic rings. The Labute approximate surface area is 116 Å². The van der Waals surface area contributed by atoms with Crippen molar-refractivity contribution in [1.82, 2.24) is 0 Å². The molecule has 2 rings (SSSR count). The van der Waals surface area contributed by atoms with Gasteiger partial charge in [0.25, 0.3) is 0 Å². The third-order valence-electron chi connectivity index (χ3n) is 3.56. The van der Waals surface area contributed by atoms with E-state index >= 15 is 0 Å². The van der Waals surface area contributed by atoms with E-state index in [0.29, 0.717) is 4.75 Å². The minimum absolute atomic E-state index is 0.411. The van der Waals surface area contributed by atoms with E-state index < -0.39 is 0 Å². The van der Waals surface area contributed by atoms with Crippen LogP contribution in [0.1, 0.15) is 25.7 Å². The van der Waals surface area contributed by atoms with Crippen molar-refractivity contribution in [2.45, 2.75) is 30.4 Å². The standard InChI is InChI=1S/C13H19BrN2S/c1-17-13(6-2-3-7-13)9-16-12-8-10(14)4-5-11(12)15/h4-5,8,16H,2-3,6-7,9,15H2,1H3. The van der Waals surface area contributed by atoms with Gasteiger partial charge >= 0.3 is 0 Å². The maximum atomic E-state index is 5.97. The lowest BCUT2D eigenvalue weighted by Crippen LogP contribution is -2.30. The molecule has 1 aromatic carbocycles.